The summed E-state index contributed by atoms with van der Waals surface area (Å²) in [6, 6.07) is 7.95. The first-order valence-corrected chi connectivity index (χ1v) is 11.0. The van der Waals surface area contributed by atoms with Gasteiger partial charge in [0, 0.05) is 45.0 Å². The number of oxazole rings is 1. The minimum absolute atomic E-state index is 0.0895. The molecule has 0 atom stereocenters. The van der Waals surface area contributed by atoms with E-state index in [0.29, 0.717) is 62.2 Å². The van der Waals surface area contributed by atoms with Gasteiger partial charge >= 0.3 is 6.03 Å². The standard InChI is InChI=1S/C22H22ClFN6O3/c1-13-2-5-18-19(25-13)27-21(33-18)28-6-8-29(9-7-28)22(32)30-11-14(12-30)20(31)26-17-4-3-15(24)10-16(17)23/h2-5,10,14H,6-9,11-12H2,1H3,(H,26,31). The van der Waals surface area contributed by atoms with Gasteiger partial charge in [-0.25, -0.2) is 14.2 Å². The summed E-state index contributed by atoms with van der Waals surface area (Å²) in [6.45, 7) is 4.82. The molecule has 0 saturated carbocycles. The van der Waals surface area contributed by atoms with Crippen LogP contribution < -0.4 is 10.2 Å². The van der Waals surface area contributed by atoms with Crippen LogP contribution in [0.5, 0.6) is 0 Å². The van der Waals surface area contributed by atoms with E-state index in [1.54, 1.807) is 9.80 Å². The largest absolute Gasteiger partial charge is 0.422 e. The number of fused-ring (bicyclic) bond motifs is 1. The average molecular weight is 473 g/mol. The predicted octanol–water partition coefficient (Wildman–Crippen LogP) is 3.14. The van der Waals surface area contributed by atoms with Gasteiger partial charge in [-0.2, -0.15) is 4.98 Å². The van der Waals surface area contributed by atoms with Gasteiger partial charge in [-0.05, 0) is 37.3 Å². The maximum atomic E-state index is 13.2. The van der Waals surface area contributed by atoms with Crippen LogP contribution in [0.3, 0.4) is 0 Å². The van der Waals surface area contributed by atoms with E-state index in [1.807, 2.05) is 24.0 Å². The average Bonchev–Trinajstić information content (AvgIpc) is 3.18. The number of amides is 3. The Hall–Kier alpha value is -3.40. The summed E-state index contributed by atoms with van der Waals surface area (Å²) in [5.74, 6) is -1.04. The minimum atomic E-state index is -0.471. The molecular weight excluding hydrogens is 451 g/mol. The molecule has 9 nitrogen and oxygen atoms in total. The van der Waals surface area contributed by atoms with Crippen LogP contribution in [0.15, 0.2) is 34.7 Å². The first-order chi connectivity index (χ1) is 15.9. The van der Waals surface area contributed by atoms with Crippen LogP contribution in [-0.2, 0) is 4.79 Å². The molecule has 11 heteroatoms. The molecule has 0 radical (unpaired) electrons. The molecule has 2 aliphatic heterocycles. The quantitative estimate of drug-likeness (QED) is 0.629. The zero-order chi connectivity index (χ0) is 23.1. The number of carbonyl (C=O) groups excluding carboxylic acids is 2. The van der Waals surface area contributed by atoms with E-state index in [4.69, 9.17) is 16.0 Å². The fourth-order valence-corrected chi connectivity index (χ4v) is 4.17. The Morgan fingerprint density at radius 1 is 1.09 bits per heavy atom. The molecule has 0 bridgehead atoms. The number of anilines is 2. The summed E-state index contributed by atoms with van der Waals surface area (Å²) in [7, 11) is 0. The van der Waals surface area contributed by atoms with Gasteiger partial charge in [0.1, 0.15) is 5.82 Å². The van der Waals surface area contributed by atoms with Crippen LogP contribution in [0, 0.1) is 18.7 Å². The zero-order valence-corrected chi connectivity index (χ0v) is 18.7. The fraction of sp³-hybridized carbons (Fsp3) is 0.364. The topological polar surface area (TPSA) is 94.8 Å². The molecule has 2 aromatic heterocycles. The van der Waals surface area contributed by atoms with Crippen LogP contribution in [0.2, 0.25) is 5.02 Å². The molecule has 5 rings (SSSR count). The van der Waals surface area contributed by atoms with E-state index in [-0.39, 0.29) is 22.9 Å². The summed E-state index contributed by atoms with van der Waals surface area (Å²) in [6.07, 6.45) is 0. The van der Waals surface area contributed by atoms with Crippen molar-refractivity contribution >= 4 is 46.5 Å². The molecule has 0 spiro atoms. The highest BCUT2D eigenvalue weighted by Crippen LogP contribution is 2.26. The van der Waals surface area contributed by atoms with Crippen molar-refractivity contribution in [3.05, 3.63) is 46.9 Å². The van der Waals surface area contributed by atoms with Gasteiger partial charge in [-0.3, -0.25) is 4.79 Å². The number of pyridine rings is 1. The Labute approximate surface area is 194 Å². The number of urea groups is 1. The first kappa shape index (κ1) is 21.4. The molecule has 0 unspecified atom stereocenters. The van der Waals surface area contributed by atoms with E-state index < -0.39 is 5.82 Å². The highest BCUT2D eigenvalue weighted by molar-refractivity contribution is 6.33. The molecule has 0 aliphatic carbocycles. The second-order valence-electron chi connectivity index (χ2n) is 8.24. The van der Waals surface area contributed by atoms with Gasteiger partial charge in [0.2, 0.25) is 11.6 Å². The van der Waals surface area contributed by atoms with E-state index in [0.717, 1.165) is 11.8 Å². The fourth-order valence-electron chi connectivity index (χ4n) is 3.95. The predicted molar refractivity (Wildman–Crippen MR) is 121 cm³/mol. The number of carbonyl (C=O) groups is 2. The second kappa shape index (κ2) is 8.51. The van der Waals surface area contributed by atoms with Gasteiger partial charge in [0.05, 0.1) is 16.6 Å². The number of rotatable bonds is 3. The molecule has 3 aromatic rings. The molecule has 3 amide bonds. The zero-order valence-electron chi connectivity index (χ0n) is 17.9. The molecule has 172 valence electrons. The number of likely N-dealkylation sites (tertiary alicyclic amines) is 1. The summed E-state index contributed by atoms with van der Waals surface area (Å²) in [4.78, 5) is 39.5. The Morgan fingerprint density at radius 3 is 2.58 bits per heavy atom. The number of piperazine rings is 1. The van der Waals surface area contributed by atoms with Crippen molar-refractivity contribution in [3.8, 4) is 0 Å². The molecule has 2 aliphatic rings. The highest BCUT2D eigenvalue weighted by Gasteiger charge is 2.38. The number of nitrogens with one attached hydrogen (secondary N) is 1. The number of nitrogens with zero attached hydrogens (tertiary/aromatic N) is 5. The van der Waals surface area contributed by atoms with Crippen molar-refractivity contribution in [2.24, 2.45) is 5.92 Å². The van der Waals surface area contributed by atoms with Crippen LogP contribution in [0.4, 0.5) is 20.9 Å². The number of hydrogen-bond acceptors (Lipinski definition) is 6. The molecule has 2 saturated heterocycles. The lowest BCUT2D eigenvalue weighted by atomic mass is 9.99. The van der Waals surface area contributed by atoms with Crippen molar-refractivity contribution in [3.63, 3.8) is 0 Å². The van der Waals surface area contributed by atoms with Gasteiger partial charge in [0.25, 0.3) is 6.01 Å². The highest BCUT2D eigenvalue weighted by atomic mass is 35.5. The summed E-state index contributed by atoms with van der Waals surface area (Å²) in [5.41, 5.74) is 2.45. The van der Waals surface area contributed by atoms with E-state index in [2.05, 4.69) is 15.3 Å². The Bertz CT molecular complexity index is 1220. The molecule has 1 aromatic carbocycles. The Balaban J connectivity index is 1.11. The smallest absolute Gasteiger partial charge is 0.320 e. The molecule has 2 fully saturated rings. The number of aryl methyl sites for hydroxylation is 1. The third-order valence-corrected chi connectivity index (χ3v) is 6.23. The Morgan fingerprint density at radius 2 is 1.85 bits per heavy atom. The van der Waals surface area contributed by atoms with Crippen LogP contribution in [-0.4, -0.2) is 71.0 Å². The number of hydrogen-bond donors (Lipinski definition) is 1. The maximum Gasteiger partial charge on any atom is 0.320 e. The monoisotopic (exact) mass is 472 g/mol. The van der Waals surface area contributed by atoms with Crippen molar-refractivity contribution in [2.75, 3.05) is 49.5 Å². The van der Waals surface area contributed by atoms with Crippen molar-refractivity contribution in [1.29, 1.82) is 0 Å². The van der Waals surface area contributed by atoms with Crippen molar-refractivity contribution in [2.45, 2.75) is 6.92 Å². The molecular formula is C22H22ClFN6O3. The van der Waals surface area contributed by atoms with Gasteiger partial charge in [-0.15, -0.1) is 0 Å². The number of halogens is 2. The van der Waals surface area contributed by atoms with Crippen molar-refractivity contribution < 1.29 is 18.4 Å². The molecule has 33 heavy (non-hydrogen) atoms. The minimum Gasteiger partial charge on any atom is -0.422 e. The first-order valence-electron chi connectivity index (χ1n) is 10.7. The van der Waals surface area contributed by atoms with E-state index >= 15 is 0 Å². The molecule has 1 N–H and O–H groups in total. The maximum absolute atomic E-state index is 13.2. The number of aromatic nitrogens is 2. The van der Waals surface area contributed by atoms with E-state index in [9.17, 15) is 14.0 Å². The second-order valence-corrected chi connectivity index (χ2v) is 8.65. The Kier molecular flexibility index (Phi) is 5.53. The lowest BCUT2D eigenvalue weighted by molar-refractivity contribution is -0.123. The normalized spacial score (nSPS) is 16.8. The van der Waals surface area contributed by atoms with Gasteiger partial charge in [-0.1, -0.05) is 11.6 Å². The van der Waals surface area contributed by atoms with Gasteiger partial charge in [0.15, 0.2) is 5.58 Å². The van der Waals surface area contributed by atoms with Crippen LogP contribution >= 0.6 is 11.6 Å². The van der Waals surface area contributed by atoms with Crippen molar-refractivity contribution in [1.82, 2.24) is 19.8 Å². The summed E-state index contributed by atoms with van der Waals surface area (Å²) in [5, 5.41) is 2.84. The third-order valence-electron chi connectivity index (χ3n) is 5.91. The number of benzene rings is 1. The summed E-state index contributed by atoms with van der Waals surface area (Å²) < 4.78 is 19.0. The lowest BCUT2D eigenvalue weighted by Gasteiger charge is -2.43. The van der Waals surface area contributed by atoms with Gasteiger partial charge < -0.3 is 24.4 Å². The lowest BCUT2D eigenvalue weighted by Crippen LogP contribution is -2.60. The molecule has 4 heterocycles. The third kappa shape index (κ3) is 4.30. The van der Waals surface area contributed by atoms with E-state index in [1.165, 1.54) is 12.1 Å². The van der Waals surface area contributed by atoms with Crippen LogP contribution in [0.1, 0.15) is 5.69 Å². The summed E-state index contributed by atoms with van der Waals surface area (Å²) >= 11 is 5.96. The van der Waals surface area contributed by atoms with Crippen LogP contribution in [0.25, 0.3) is 11.2 Å². The SMILES string of the molecule is Cc1ccc2oc(N3CCN(C(=O)N4CC(C(=O)Nc5ccc(F)cc5Cl)C4)CC3)nc2n1.